The summed E-state index contributed by atoms with van der Waals surface area (Å²) in [6.45, 7) is 0. The first kappa shape index (κ1) is 30.1. The van der Waals surface area contributed by atoms with E-state index in [1.165, 1.54) is 16.7 Å². The van der Waals surface area contributed by atoms with E-state index in [2.05, 4.69) is 10.2 Å². The number of aliphatic hydroxyl groups excluding tert-OH is 1. The number of hydrogen-bond acceptors (Lipinski definition) is 9. The maximum absolute atomic E-state index is 14.0. The highest BCUT2D eigenvalue weighted by atomic mass is 35.5. The number of furan rings is 1. The van der Waals surface area contributed by atoms with Gasteiger partial charge in [0.1, 0.15) is 17.1 Å². The predicted octanol–water partition coefficient (Wildman–Crippen LogP) is 9.46. The van der Waals surface area contributed by atoms with Crippen molar-refractivity contribution in [3.8, 4) is 11.5 Å². The molecular formula is C34H21Cl2N3O5S2. The molecule has 1 unspecified atom stereocenters. The van der Waals surface area contributed by atoms with E-state index in [0.717, 1.165) is 16.9 Å². The van der Waals surface area contributed by atoms with Crippen molar-refractivity contribution in [1.82, 2.24) is 10.2 Å². The summed E-state index contributed by atoms with van der Waals surface area (Å²) < 4.78 is 12.5. The van der Waals surface area contributed by atoms with Crippen molar-refractivity contribution in [1.29, 1.82) is 0 Å². The van der Waals surface area contributed by atoms with Crippen molar-refractivity contribution in [3.63, 3.8) is 0 Å². The topological polar surface area (TPSA) is 106 Å². The number of benzene rings is 4. The first-order chi connectivity index (χ1) is 22.4. The molecule has 1 amide bonds. The van der Waals surface area contributed by atoms with E-state index >= 15 is 0 Å². The lowest BCUT2D eigenvalue weighted by atomic mass is 9.95. The normalized spacial score (nSPS) is 14.8. The molecule has 4 aromatic carbocycles. The van der Waals surface area contributed by atoms with Gasteiger partial charge in [-0.05, 0) is 59.7 Å². The maximum atomic E-state index is 14.0. The molecule has 2 aromatic heterocycles. The SMILES string of the molecule is O=C(C1=C(O)C(=O)N(c2nnc(SCc3ccc(Cl)cc3Cl)s2)C1c1cccc(Oc2ccccc2)c1)c1cc2ccccc2o1. The van der Waals surface area contributed by atoms with E-state index in [4.69, 9.17) is 32.4 Å². The predicted molar refractivity (Wildman–Crippen MR) is 179 cm³/mol. The lowest BCUT2D eigenvalue weighted by Gasteiger charge is -2.24. The zero-order valence-electron chi connectivity index (χ0n) is 23.6. The summed E-state index contributed by atoms with van der Waals surface area (Å²) in [5, 5.41) is 21.8. The van der Waals surface area contributed by atoms with Gasteiger partial charge in [0.25, 0.3) is 5.91 Å². The Morgan fingerprint density at radius 3 is 2.52 bits per heavy atom. The number of fused-ring (bicyclic) bond motifs is 1. The Labute approximate surface area is 280 Å². The van der Waals surface area contributed by atoms with Gasteiger partial charge in [-0.3, -0.25) is 14.5 Å². The summed E-state index contributed by atoms with van der Waals surface area (Å²) in [5.74, 6) is -0.531. The van der Waals surface area contributed by atoms with Crippen LogP contribution < -0.4 is 9.64 Å². The number of thioether (sulfide) groups is 1. The number of carbonyl (C=O) groups excluding carboxylic acids is 2. The van der Waals surface area contributed by atoms with Crippen molar-refractivity contribution >= 4 is 74.1 Å². The molecule has 12 heteroatoms. The van der Waals surface area contributed by atoms with Crippen molar-refractivity contribution < 1.29 is 23.8 Å². The summed E-state index contributed by atoms with van der Waals surface area (Å²) in [6, 6.07) is 29.2. The van der Waals surface area contributed by atoms with Gasteiger partial charge in [0.2, 0.25) is 10.9 Å². The molecule has 1 N–H and O–H groups in total. The lowest BCUT2D eigenvalue weighted by Crippen LogP contribution is -2.31. The third-order valence-electron chi connectivity index (χ3n) is 7.22. The fourth-order valence-electron chi connectivity index (χ4n) is 5.09. The number of amides is 1. The molecule has 8 nitrogen and oxygen atoms in total. The van der Waals surface area contributed by atoms with Crippen LogP contribution in [0.3, 0.4) is 0 Å². The Balaban J connectivity index is 1.26. The van der Waals surface area contributed by atoms with Gasteiger partial charge in [-0.15, -0.1) is 10.2 Å². The van der Waals surface area contributed by atoms with E-state index in [1.54, 1.807) is 54.6 Å². The fourth-order valence-corrected chi connectivity index (χ4v) is 7.51. The number of rotatable bonds is 9. The zero-order chi connectivity index (χ0) is 31.8. The minimum Gasteiger partial charge on any atom is -0.503 e. The molecule has 46 heavy (non-hydrogen) atoms. The van der Waals surface area contributed by atoms with Gasteiger partial charge in [0.05, 0.1) is 11.6 Å². The van der Waals surface area contributed by atoms with Gasteiger partial charge in [-0.25, -0.2) is 0 Å². The molecule has 0 saturated carbocycles. The van der Waals surface area contributed by atoms with Crippen molar-refractivity contribution in [2.75, 3.05) is 4.90 Å². The molecule has 6 aromatic rings. The fraction of sp³-hybridized carbons (Fsp3) is 0.0588. The maximum Gasteiger partial charge on any atom is 0.296 e. The van der Waals surface area contributed by atoms with Gasteiger partial charge in [-0.1, -0.05) is 101 Å². The van der Waals surface area contributed by atoms with E-state index in [-0.39, 0.29) is 16.5 Å². The van der Waals surface area contributed by atoms with Crippen LogP contribution in [0.15, 0.2) is 123 Å². The van der Waals surface area contributed by atoms with E-state index in [0.29, 0.717) is 48.2 Å². The second kappa shape index (κ2) is 12.6. The number of anilines is 1. The third kappa shape index (κ3) is 5.88. The highest BCUT2D eigenvalue weighted by molar-refractivity contribution is 8.00. The highest BCUT2D eigenvalue weighted by Crippen LogP contribution is 2.45. The Bertz CT molecular complexity index is 2110. The number of para-hydroxylation sites is 2. The molecule has 0 bridgehead atoms. The van der Waals surface area contributed by atoms with Crippen LogP contribution in [0.25, 0.3) is 11.0 Å². The molecule has 1 atom stereocenters. The van der Waals surface area contributed by atoms with Crippen LogP contribution in [0.2, 0.25) is 10.0 Å². The number of ether oxygens (including phenoxy) is 1. The molecule has 0 radical (unpaired) electrons. The molecule has 0 spiro atoms. The summed E-state index contributed by atoms with van der Waals surface area (Å²) in [5.41, 5.74) is 1.74. The van der Waals surface area contributed by atoms with Crippen LogP contribution in [-0.4, -0.2) is 27.0 Å². The molecule has 1 aliphatic heterocycles. The molecule has 0 fully saturated rings. The smallest absolute Gasteiger partial charge is 0.296 e. The van der Waals surface area contributed by atoms with Crippen molar-refractivity contribution in [3.05, 3.63) is 141 Å². The van der Waals surface area contributed by atoms with Crippen LogP contribution in [-0.2, 0) is 10.5 Å². The second-order valence-corrected chi connectivity index (χ2v) is 13.2. The molecular weight excluding hydrogens is 665 g/mol. The molecule has 3 heterocycles. The summed E-state index contributed by atoms with van der Waals surface area (Å²) in [6.07, 6.45) is 0. The Morgan fingerprint density at radius 1 is 0.935 bits per heavy atom. The largest absolute Gasteiger partial charge is 0.503 e. The van der Waals surface area contributed by atoms with Crippen molar-refractivity contribution in [2.45, 2.75) is 16.1 Å². The van der Waals surface area contributed by atoms with E-state index in [9.17, 15) is 14.7 Å². The first-order valence-electron chi connectivity index (χ1n) is 13.9. The summed E-state index contributed by atoms with van der Waals surface area (Å²) >= 11 is 14.9. The second-order valence-electron chi connectivity index (χ2n) is 10.2. The van der Waals surface area contributed by atoms with Gasteiger partial charge in [-0.2, -0.15) is 0 Å². The number of Topliss-reactive ketones (excluding diaryl/α,β-unsaturated/α-hetero) is 1. The Hall–Kier alpha value is -4.61. The van der Waals surface area contributed by atoms with Gasteiger partial charge in [0, 0.05) is 21.2 Å². The number of nitrogens with zero attached hydrogens (tertiary/aromatic N) is 3. The lowest BCUT2D eigenvalue weighted by molar-refractivity contribution is -0.117. The highest BCUT2D eigenvalue weighted by Gasteiger charge is 2.47. The minimum atomic E-state index is -1.05. The Kier molecular flexibility index (Phi) is 8.27. The number of aromatic nitrogens is 2. The molecule has 0 aliphatic carbocycles. The number of hydrogen-bond donors (Lipinski definition) is 1. The van der Waals surface area contributed by atoms with E-state index < -0.39 is 23.5 Å². The zero-order valence-corrected chi connectivity index (χ0v) is 26.7. The van der Waals surface area contributed by atoms with Crippen LogP contribution in [0.1, 0.15) is 27.7 Å². The molecule has 7 rings (SSSR count). The third-order valence-corrected chi connectivity index (χ3v) is 9.91. The summed E-state index contributed by atoms with van der Waals surface area (Å²) in [4.78, 5) is 29.1. The van der Waals surface area contributed by atoms with Crippen LogP contribution in [0, 0.1) is 0 Å². The van der Waals surface area contributed by atoms with Crippen LogP contribution in [0.5, 0.6) is 11.5 Å². The number of halogens is 2. The quantitative estimate of drug-likeness (QED) is 0.0911. The standard InChI is InChI=1S/C34H21Cl2N3O5S2/c35-22-14-13-21(25(36)17-22)18-45-34-38-37-33(46-34)39-29(20-8-6-11-24(15-20)43-23-9-2-1-3-10-23)28(31(41)32(39)42)30(40)27-16-19-7-4-5-12-26(19)44-27/h1-17,29,41H,18H2. The van der Waals surface area contributed by atoms with Gasteiger partial charge >= 0.3 is 0 Å². The number of ketones is 1. The van der Waals surface area contributed by atoms with Gasteiger partial charge < -0.3 is 14.3 Å². The molecule has 0 saturated heterocycles. The monoisotopic (exact) mass is 685 g/mol. The van der Waals surface area contributed by atoms with E-state index in [1.807, 2.05) is 48.5 Å². The number of aliphatic hydroxyl groups is 1. The molecule has 228 valence electrons. The van der Waals surface area contributed by atoms with Gasteiger partial charge in [0.15, 0.2) is 15.9 Å². The first-order valence-corrected chi connectivity index (χ1v) is 16.4. The average Bonchev–Trinajstić information content (AvgIpc) is 3.77. The summed E-state index contributed by atoms with van der Waals surface area (Å²) in [7, 11) is 0. The van der Waals surface area contributed by atoms with Crippen LogP contribution in [0.4, 0.5) is 5.13 Å². The minimum absolute atomic E-state index is 0.00700. The average molecular weight is 687 g/mol. The number of carbonyl (C=O) groups is 2. The van der Waals surface area contributed by atoms with Crippen LogP contribution >= 0.6 is 46.3 Å². The Morgan fingerprint density at radius 2 is 1.72 bits per heavy atom. The van der Waals surface area contributed by atoms with Crippen molar-refractivity contribution in [2.24, 2.45) is 0 Å². The molecule has 1 aliphatic rings.